The van der Waals surface area contributed by atoms with E-state index < -0.39 is 12.0 Å². The summed E-state index contributed by atoms with van der Waals surface area (Å²) >= 11 is 0. The Bertz CT molecular complexity index is 294. The first-order valence-electron chi connectivity index (χ1n) is 3.86. The van der Waals surface area contributed by atoms with E-state index in [9.17, 15) is 4.79 Å². The summed E-state index contributed by atoms with van der Waals surface area (Å²) in [5, 5.41) is 17.5. The van der Waals surface area contributed by atoms with Crippen molar-refractivity contribution in [1.29, 1.82) is 0 Å². The van der Waals surface area contributed by atoms with Crippen LogP contribution in [0.15, 0.2) is 24.3 Å². The fourth-order valence-electron chi connectivity index (χ4n) is 0.973. The van der Waals surface area contributed by atoms with Gasteiger partial charge in [-0.25, -0.2) is 0 Å². The van der Waals surface area contributed by atoms with Gasteiger partial charge in [0.15, 0.2) is 0 Å². The molecule has 0 fully saturated rings. The molecule has 1 rings (SSSR count). The van der Waals surface area contributed by atoms with Gasteiger partial charge in [0.25, 0.3) is 0 Å². The van der Waals surface area contributed by atoms with Gasteiger partial charge in [-0.1, -0.05) is 12.1 Å². The number of nitrogens with two attached hydrogens (primary N) is 1. The van der Waals surface area contributed by atoms with Gasteiger partial charge in [0.2, 0.25) is 0 Å². The maximum absolute atomic E-state index is 10.4. The second kappa shape index (κ2) is 3.91. The quantitative estimate of drug-likeness (QED) is 0.629. The third kappa shape index (κ3) is 2.76. The average molecular weight is 182 g/mol. The maximum Gasteiger partial charge on any atom is 0.320 e. The van der Waals surface area contributed by atoms with Crippen molar-refractivity contribution in [3.63, 3.8) is 0 Å². The fraction of sp³-hybridized carbons (Fsp3) is 0.222. The number of hydrogen-bond acceptors (Lipinski definition) is 3. The molecule has 4 nitrogen and oxygen atoms in total. The third-order valence-corrected chi connectivity index (χ3v) is 1.71. The summed E-state index contributed by atoms with van der Waals surface area (Å²) in [6.07, 6.45) is 0.273. The number of aliphatic carboxylic acids is 1. The first-order chi connectivity index (χ1) is 6.09. The Morgan fingerprint density at radius 2 is 1.92 bits per heavy atom. The van der Waals surface area contributed by atoms with Crippen molar-refractivity contribution < 1.29 is 15.0 Å². The molecular weight excluding hydrogens is 171 g/mol. The van der Waals surface area contributed by atoms with E-state index in [0.29, 0.717) is 0 Å². The first-order valence-corrected chi connectivity index (χ1v) is 3.86. The van der Waals surface area contributed by atoms with Gasteiger partial charge in [-0.2, -0.15) is 0 Å². The minimum absolute atomic E-state index is 0.160. The highest BCUT2D eigenvalue weighted by atomic mass is 16.4. The minimum Gasteiger partial charge on any atom is -0.508 e. The molecule has 0 aromatic heterocycles. The summed E-state index contributed by atoms with van der Waals surface area (Å²) in [5.74, 6) is -0.860. The normalized spacial score (nSPS) is 12.4. The zero-order valence-corrected chi connectivity index (χ0v) is 6.97. The lowest BCUT2D eigenvalue weighted by molar-refractivity contribution is -0.138. The van der Waals surface area contributed by atoms with E-state index in [1.807, 2.05) is 0 Å². The molecule has 1 aromatic rings. The summed E-state index contributed by atoms with van der Waals surface area (Å²) in [5.41, 5.74) is 6.12. The Morgan fingerprint density at radius 3 is 2.38 bits per heavy atom. The summed E-state index contributed by atoms with van der Waals surface area (Å²) in [7, 11) is 0. The Hall–Kier alpha value is -1.55. The number of carboxylic acids is 1. The molecule has 1 aromatic carbocycles. The van der Waals surface area contributed by atoms with Crippen molar-refractivity contribution >= 4 is 5.97 Å². The predicted octanol–water partition coefficient (Wildman–Crippen LogP) is 0.347. The number of carbonyl (C=O) groups is 1. The van der Waals surface area contributed by atoms with Crippen molar-refractivity contribution in [3.8, 4) is 5.75 Å². The van der Waals surface area contributed by atoms with E-state index in [1.54, 1.807) is 12.1 Å². The Balaban J connectivity index is 2.64. The van der Waals surface area contributed by atoms with Crippen LogP contribution in [0.1, 0.15) is 5.56 Å². The van der Waals surface area contributed by atoms with Crippen LogP contribution in [-0.2, 0) is 11.2 Å². The monoisotopic (exact) mass is 182 g/mol. The molecule has 0 spiro atoms. The van der Waals surface area contributed by atoms with E-state index in [-0.39, 0.29) is 12.2 Å². The summed E-state index contributed by atoms with van der Waals surface area (Å²) in [6.45, 7) is 0. The SMILES string of the molecule is N[C@@H](Cc1ccc(O)[13cH]c1)C(=O)O. The molecule has 0 aliphatic heterocycles. The van der Waals surface area contributed by atoms with Crippen molar-refractivity contribution in [3.05, 3.63) is 29.8 Å². The van der Waals surface area contributed by atoms with Gasteiger partial charge in [-0.3, -0.25) is 4.79 Å². The fourth-order valence-corrected chi connectivity index (χ4v) is 0.973. The molecule has 0 saturated carbocycles. The number of carboxylic acid groups (broad SMARTS) is 1. The molecule has 0 amide bonds. The molecule has 0 bridgehead atoms. The second-order valence-corrected chi connectivity index (χ2v) is 2.82. The van der Waals surface area contributed by atoms with E-state index in [2.05, 4.69) is 0 Å². The summed E-state index contributed by atoms with van der Waals surface area (Å²) in [6, 6.07) is 5.42. The molecule has 1 atom stereocenters. The molecule has 0 aliphatic rings. The Morgan fingerprint density at radius 1 is 1.38 bits per heavy atom. The van der Waals surface area contributed by atoms with E-state index in [1.165, 1.54) is 12.1 Å². The number of hydrogen-bond donors (Lipinski definition) is 3. The lowest BCUT2D eigenvalue weighted by Crippen LogP contribution is -2.32. The lowest BCUT2D eigenvalue weighted by atomic mass is 10.1. The molecule has 4 N–H and O–H groups in total. The molecule has 0 unspecified atom stereocenters. The summed E-state index contributed by atoms with van der Waals surface area (Å²) < 4.78 is 0. The molecule has 0 radical (unpaired) electrons. The van der Waals surface area contributed by atoms with Crippen molar-refractivity contribution in [2.75, 3.05) is 0 Å². The first kappa shape index (κ1) is 9.54. The van der Waals surface area contributed by atoms with Crippen LogP contribution in [0.2, 0.25) is 0 Å². The highest BCUT2D eigenvalue weighted by Gasteiger charge is 2.11. The minimum atomic E-state index is -1.02. The van der Waals surface area contributed by atoms with Gasteiger partial charge in [-0.05, 0) is 24.1 Å². The number of phenolic OH excluding ortho intramolecular Hbond substituents is 1. The topological polar surface area (TPSA) is 83.5 Å². The van der Waals surface area contributed by atoms with Gasteiger partial charge in [-0.15, -0.1) is 0 Å². The third-order valence-electron chi connectivity index (χ3n) is 1.71. The van der Waals surface area contributed by atoms with Gasteiger partial charge >= 0.3 is 5.97 Å². The zero-order valence-electron chi connectivity index (χ0n) is 6.97. The van der Waals surface area contributed by atoms with Crippen molar-refractivity contribution in [1.82, 2.24) is 0 Å². The van der Waals surface area contributed by atoms with Gasteiger partial charge < -0.3 is 15.9 Å². The standard InChI is InChI=1S/C9H11NO3/c10-8(9(12)13)5-6-1-3-7(11)4-2-6/h1-4,8,11H,5,10H2,(H,12,13)/t8-/m0/s1/i3+1. The van der Waals surface area contributed by atoms with Crippen molar-refractivity contribution in [2.24, 2.45) is 5.73 Å². The van der Waals surface area contributed by atoms with Gasteiger partial charge in [0, 0.05) is 0 Å². The number of benzene rings is 1. The maximum atomic E-state index is 10.4. The Kier molecular flexibility index (Phi) is 2.87. The van der Waals surface area contributed by atoms with Crippen LogP contribution >= 0.6 is 0 Å². The van der Waals surface area contributed by atoms with Crippen LogP contribution in [0.25, 0.3) is 0 Å². The number of rotatable bonds is 3. The molecule has 0 heterocycles. The molecule has 0 saturated heterocycles. The van der Waals surface area contributed by atoms with Crippen LogP contribution in [0.4, 0.5) is 0 Å². The highest BCUT2D eigenvalue weighted by molar-refractivity contribution is 5.73. The largest absolute Gasteiger partial charge is 0.508 e. The molecule has 0 aliphatic carbocycles. The lowest BCUT2D eigenvalue weighted by Gasteiger charge is -2.05. The molecule has 70 valence electrons. The van der Waals surface area contributed by atoms with E-state index in [0.717, 1.165) is 5.56 Å². The van der Waals surface area contributed by atoms with E-state index >= 15 is 0 Å². The number of phenols is 1. The molecular formula is C9H11NO3. The van der Waals surface area contributed by atoms with Gasteiger partial charge in [0.05, 0.1) is 0 Å². The van der Waals surface area contributed by atoms with Gasteiger partial charge in [0.1, 0.15) is 11.8 Å². The Labute approximate surface area is 75.6 Å². The highest BCUT2D eigenvalue weighted by Crippen LogP contribution is 2.10. The van der Waals surface area contributed by atoms with Crippen molar-refractivity contribution in [2.45, 2.75) is 12.5 Å². The average Bonchev–Trinajstić information content (AvgIpc) is 2.08. The van der Waals surface area contributed by atoms with Crippen LogP contribution in [0, 0.1) is 0 Å². The smallest absolute Gasteiger partial charge is 0.320 e. The zero-order chi connectivity index (χ0) is 9.84. The molecule has 4 heteroatoms. The molecule has 13 heavy (non-hydrogen) atoms. The van der Waals surface area contributed by atoms with Crippen LogP contribution in [0.5, 0.6) is 5.75 Å². The van der Waals surface area contributed by atoms with Crippen LogP contribution < -0.4 is 5.73 Å². The summed E-state index contributed by atoms with van der Waals surface area (Å²) in [4.78, 5) is 10.4. The van der Waals surface area contributed by atoms with E-state index in [4.69, 9.17) is 15.9 Å². The van der Waals surface area contributed by atoms with Crippen LogP contribution in [-0.4, -0.2) is 22.2 Å². The number of aromatic hydroxyl groups is 1. The predicted molar refractivity (Wildman–Crippen MR) is 47.4 cm³/mol. The van der Waals surface area contributed by atoms with Crippen LogP contribution in [0.3, 0.4) is 0 Å². The second-order valence-electron chi connectivity index (χ2n) is 2.82.